The van der Waals surface area contributed by atoms with Gasteiger partial charge < -0.3 is 10.5 Å². The Morgan fingerprint density at radius 1 is 1.15 bits per heavy atom. The molecule has 0 saturated carbocycles. The largest absolute Gasteiger partial charge is 0.452 e. The van der Waals surface area contributed by atoms with Crippen LogP contribution in [-0.2, 0) is 5.54 Å². The van der Waals surface area contributed by atoms with Gasteiger partial charge in [-0.3, -0.25) is 4.98 Å². The first kappa shape index (κ1) is 15.7. The maximum absolute atomic E-state index is 14.6. The van der Waals surface area contributed by atoms with Crippen LogP contribution in [0.2, 0.25) is 5.15 Å². The van der Waals surface area contributed by atoms with Crippen LogP contribution in [0.1, 0.15) is 22.3 Å². The number of fused-ring (bicyclic) bond motifs is 6. The zero-order valence-electron chi connectivity index (χ0n) is 13.0. The van der Waals surface area contributed by atoms with E-state index in [1.807, 2.05) is 12.1 Å². The number of amidine groups is 1. The molecule has 0 fully saturated rings. The molecule has 0 unspecified atom stereocenters. The third kappa shape index (κ3) is 1.92. The smallest absolute Gasteiger partial charge is 0.257 e. The minimum absolute atomic E-state index is 0.00813. The van der Waals surface area contributed by atoms with Gasteiger partial charge in [0.15, 0.2) is 5.75 Å². The fourth-order valence-corrected chi connectivity index (χ4v) is 4.13. The fraction of sp³-hybridized carbons (Fsp3) is 0.0556. The summed E-state index contributed by atoms with van der Waals surface area (Å²) in [6, 6.07) is 8.78. The molecule has 2 aliphatic rings. The van der Waals surface area contributed by atoms with Gasteiger partial charge in [0.05, 0.1) is 0 Å². The van der Waals surface area contributed by atoms with E-state index in [2.05, 4.69) is 25.9 Å². The van der Waals surface area contributed by atoms with Crippen molar-refractivity contribution in [1.29, 1.82) is 0 Å². The van der Waals surface area contributed by atoms with E-state index in [0.717, 1.165) is 21.2 Å². The highest BCUT2D eigenvalue weighted by molar-refractivity contribution is 9.10. The Hall–Kier alpha value is -2.51. The van der Waals surface area contributed by atoms with Gasteiger partial charge in [0.25, 0.3) is 5.95 Å². The fourth-order valence-electron chi connectivity index (χ4n) is 3.59. The van der Waals surface area contributed by atoms with Gasteiger partial charge in [-0.15, -0.1) is 0 Å². The van der Waals surface area contributed by atoms with Crippen molar-refractivity contribution in [3.05, 3.63) is 80.6 Å². The molecule has 0 amide bonds. The Kier molecular flexibility index (Phi) is 3.17. The number of aliphatic imine (C=N–C) groups is 1. The highest BCUT2D eigenvalue weighted by Crippen LogP contribution is 2.56. The number of hydrogen-bond donors (Lipinski definition) is 1. The van der Waals surface area contributed by atoms with Gasteiger partial charge in [-0.1, -0.05) is 27.5 Å². The third-order valence-electron chi connectivity index (χ3n) is 4.61. The monoisotopic (exact) mass is 430 g/mol. The van der Waals surface area contributed by atoms with E-state index >= 15 is 0 Å². The zero-order valence-corrected chi connectivity index (χ0v) is 15.3. The second-order valence-corrected chi connectivity index (χ2v) is 7.29. The van der Waals surface area contributed by atoms with E-state index in [0.29, 0.717) is 17.1 Å². The molecule has 1 spiro atoms. The van der Waals surface area contributed by atoms with Crippen LogP contribution in [0.25, 0.3) is 0 Å². The average Bonchev–Trinajstić information content (AvgIpc) is 2.91. The zero-order chi connectivity index (χ0) is 18.1. The van der Waals surface area contributed by atoms with Crippen molar-refractivity contribution >= 4 is 33.4 Å². The van der Waals surface area contributed by atoms with Crippen LogP contribution in [-0.4, -0.2) is 15.8 Å². The van der Waals surface area contributed by atoms with Gasteiger partial charge in [-0.2, -0.15) is 4.39 Å². The van der Waals surface area contributed by atoms with Crippen LogP contribution in [0.15, 0.2) is 52.2 Å². The van der Waals surface area contributed by atoms with Crippen molar-refractivity contribution in [2.45, 2.75) is 5.54 Å². The second-order valence-electron chi connectivity index (χ2n) is 5.98. The van der Waals surface area contributed by atoms with Crippen LogP contribution >= 0.6 is 27.5 Å². The number of benzene rings is 1. The van der Waals surface area contributed by atoms with Crippen molar-refractivity contribution in [3.63, 3.8) is 0 Å². The van der Waals surface area contributed by atoms with E-state index in [4.69, 9.17) is 27.1 Å². The molecular formula is C18H9BrClFN4O. The second kappa shape index (κ2) is 5.25. The number of halogens is 3. The number of aromatic nitrogens is 2. The molecule has 5 nitrogen and oxygen atoms in total. The topological polar surface area (TPSA) is 73.4 Å². The average molecular weight is 432 g/mol. The van der Waals surface area contributed by atoms with Crippen molar-refractivity contribution in [3.8, 4) is 11.5 Å². The SMILES string of the molecule is NC1=N[C@]2(c3cc(Br)ccc3Oc3c2cc(Cl)nc3F)c2cnccc21. The Bertz CT molecular complexity index is 1140. The number of rotatable bonds is 0. The van der Waals surface area contributed by atoms with E-state index in [9.17, 15) is 4.39 Å². The van der Waals surface area contributed by atoms with E-state index in [1.54, 1.807) is 30.6 Å². The molecule has 0 aliphatic carbocycles. The summed E-state index contributed by atoms with van der Waals surface area (Å²) >= 11 is 9.54. The molecule has 5 rings (SSSR count). The first-order chi connectivity index (χ1) is 12.5. The quantitative estimate of drug-likeness (QED) is 0.543. The minimum Gasteiger partial charge on any atom is -0.452 e. The summed E-state index contributed by atoms with van der Waals surface area (Å²) < 4.78 is 21.2. The summed E-state index contributed by atoms with van der Waals surface area (Å²) in [6.07, 6.45) is 3.33. The number of ether oxygens (including phenoxy) is 1. The first-order valence-electron chi connectivity index (χ1n) is 7.65. The highest BCUT2D eigenvalue weighted by Gasteiger charge is 2.50. The van der Waals surface area contributed by atoms with Crippen LogP contribution in [0, 0.1) is 5.95 Å². The summed E-state index contributed by atoms with van der Waals surface area (Å²) in [4.78, 5) is 12.7. The summed E-state index contributed by atoms with van der Waals surface area (Å²) in [5.41, 5.74) is 7.74. The molecular weight excluding hydrogens is 423 g/mol. The van der Waals surface area contributed by atoms with E-state index in [-0.39, 0.29) is 10.9 Å². The van der Waals surface area contributed by atoms with Gasteiger partial charge in [-0.25, -0.2) is 9.98 Å². The maximum Gasteiger partial charge on any atom is 0.257 e. The predicted molar refractivity (Wildman–Crippen MR) is 98.3 cm³/mol. The lowest BCUT2D eigenvalue weighted by Gasteiger charge is -2.35. The van der Waals surface area contributed by atoms with E-state index < -0.39 is 11.5 Å². The molecule has 1 aromatic carbocycles. The Labute approximate surface area is 160 Å². The van der Waals surface area contributed by atoms with Gasteiger partial charge in [0.2, 0.25) is 0 Å². The van der Waals surface area contributed by atoms with Crippen molar-refractivity contribution in [2.24, 2.45) is 10.7 Å². The molecule has 2 aliphatic heterocycles. The molecule has 3 aromatic rings. The predicted octanol–water partition coefficient (Wildman–Crippen LogP) is 4.15. The lowest BCUT2D eigenvalue weighted by atomic mass is 9.76. The van der Waals surface area contributed by atoms with Crippen LogP contribution in [0.4, 0.5) is 4.39 Å². The molecule has 0 bridgehead atoms. The maximum atomic E-state index is 14.6. The molecule has 0 saturated heterocycles. The Balaban J connectivity index is 1.97. The molecule has 2 aromatic heterocycles. The van der Waals surface area contributed by atoms with E-state index in [1.165, 1.54) is 0 Å². The van der Waals surface area contributed by atoms with Gasteiger partial charge in [0.1, 0.15) is 22.3 Å². The lowest BCUT2D eigenvalue weighted by Crippen LogP contribution is -2.30. The van der Waals surface area contributed by atoms with Crippen molar-refractivity contribution < 1.29 is 9.13 Å². The van der Waals surface area contributed by atoms with Crippen molar-refractivity contribution in [2.75, 3.05) is 0 Å². The normalized spacial score (nSPS) is 19.4. The van der Waals surface area contributed by atoms with Crippen LogP contribution in [0.3, 0.4) is 0 Å². The Morgan fingerprint density at radius 3 is 2.85 bits per heavy atom. The lowest BCUT2D eigenvalue weighted by molar-refractivity contribution is 0.385. The van der Waals surface area contributed by atoms with Gasteiger partial charge >= 0.3 is 0 Å². The minimum atomic E-state index is -1.10. The molecule has 0 radical (unpaired) electrons. The number of nitrogens with zero attached hydrogens (tertiary/aromatic N) is 3. The standard InChI is InChI=1S/C18H9BrClFN4O/c19-8-1-2-13-10(5-8)18(11-6-14(20)24-16(21)15(11)26-13)12-7-23-4-3-9(12)17(22)25-18/h1-7H,(H2,22,25)/t18-/m0/s1. The van der Waals surface area contributed by atoms with Crippen LogP contribution in [0.5, 0.6) is 11.5 Å². The molecule has 8 heteroatoms. The Morgan fingerprint density at radius 2 is 2.00 bits per heavy atom. The number of nitrogens with two attached hydrogens (primary N) is 1. The van der Waals surface area contributed by atoms with Crippen LogP contribution < -0.4 is 10.5 Å². The highest BCUT2D eigenvalue weighted by atomic mass is 79.9. The molecule has 128 valence electrons. The van der Waals surface area contributed by atoms with Gasteiger partial charge in [-0.05, 0) is 30.3 Å². The summed E-state index contributed by atoms with van der Waals surface area (Å²) in [5, 5.41) is 0.00813. The molecule has 2 N–H and O–H groups in total. The molecule has 1 atom stereocenters. The first-order valence-corrected chi connectivity index (χ1v) is 8.82. The summed E-state index contributed by atoms with van der Waals surface area (Å²) in [7, 11) is 0. The number of hydrogen-bond acceptors (Lipinski definition) is 5. The molecule has 26 heavy (non-hydrogen) atoms. The summed E-state index contributed by atoms with van der Waals surface area (Å²) in [6.45, 7) is 0. The summed E-state index contributed by atoms with van der Waals surface area (Å²) in [5.74, 6) is -0.00414. The number of pyridine rings is 2. The molecule has 4 heterocycles. The van der Waals surface area contributed by atoms with Crippen molar-refractivity contribution in [1.82, 2.24) is 9.97 Å². The third-order valence-corrected chi connectivity index (χ3v) is 5.30. The van der Waals surface area contributed by atoms with Gasteiger partial charge in [0, 0.05) is 39.1 Å².